The van der Waals surface area contributed by atoms with Crippen molar-refractivity contribution in [3.63, 3.8) is 0 Å². The zero-order valence-corrected chi connectivity index (χ0v) is 8.72. The number of rotatable bonds is 2. The van der Waals surface area contributed by atoms with E-state index in [9.17, 15) is 5.11 Å². The maximum atomic E-state index is 9.83. The first-order chi connectivity index (χ1) is 7.24. The summed E-state index contributed by atoms with van der Waals surface area (Å²) in [5, 5.41) is 9.83. The van der Waals surface area contributed by atoms with Gasteiger partial charge in [0.05, 0.1) is 11.8 Å². The fourth-order valence-corrected chi connectivity index (χ4v) is 2.32. The predicted molar refractivity (Wildman–Crippen MR) is 57.8 cm³/mol. The fourth-order valence-electron chi connectivity index (χ4n) is 2.32. The lowest BCUT2D eigenvalue weighted by Gasteiger charge is -2.17. The quantitative estimate of drug-likeness (QED) is 0.805. The summed E-state index contributed by atoms with van der Waals surface area (Å²) >= 11 is 0. The summed E-state index contributed by atoms with van der Waals surface area (Å²) in [7, 11) is 0. The van der Waals surface area contributed by atoms with E-state index >= 15 is 0 Å². The van der Waals surface area contributed by atoms with E-state index in [0.717, 1.165) is 24.2 Å². The topological polar surface area (TPSA) is 37.5 Å². The van der Waals surface area contributed by atoms with Gasteiger partial charge in [-0.2, -0.15) is 0 Å². The summed E-state index contributed by atoms with van der Waals surface area (Å²) in [6.45, 7) is 1.87. The second-order valence-electron chi connectivity index (χ2n) is 4.40. The molecule has 78 valence electrons. The number of pyridine rings is 1. The lowest BCUT2D eigenvalue weighted by molar-refractivity contribution is 0.148. The lowest BCUT2D eigenvalue weighted by atomic mass is 9.97. The number of aliphatic hydroxyl groups is 1. The second-order valence-corrected chi connectivity index (χ2v) is 4.40. The zero-order valence-electron chi connectivity index (χ0n) is 8.72. The van der Waals surface area contributed by atoms with Crippen molar-refractivity contribution in [2.24, 2.45) is 0 Å². The summed E-state index contributed by atoms with van der Waals surface area (Å²) in [5.74, 6) is 0. The Morgan fingerprint density at radius 1 is 1.47 bits per heavy atom. The Morgan fingerprint density at radius 2 is 2.27 bits per heavy atom. The van der Waals surface area contributed by atoms with Crippen LogP contribution in [0, 0.1) is 0 Å². The highest BCUT2D eigenvalue weighted by Gasteiger charge is 2.50. The van der Waals surface area contributed by atoms with E-state index in [1.807, 2.05) is 37.5 Å². The molecule has 1 atom stereocenters. The molecule has 0 aliphatic heterocycles. The zero-order chi connectivity index (χ0) is 10.5. The van der Waals surface area contributed by atoms with Gasteiger partial charge in [-0.05, 0) is 31.9 Å². The van der Waals surface area contributed by atoms with Crippen molar-refractivity contribution in [2.45, 2.75) is 31.3 Å². The van der Waals surface area contributed by atoms with Gasteiger partial charge in [-0.3, -0.25) is 0 Å². The number of hydrogen-bond donors (Lipinski definition) is 1. The van der Waals surface area contributed by atoms with Crippen LogP contribution in [0.5, 0.6) is 0 Å². The highest BCUT2D eigenvalue weighted by Crippen LogP contribution is 2.50. The molecule has 1 aliphatic carbocycles. The van der Waals surface area contributed by atoms with Crippen LogP contribution in [0.25, 0.3) is 5.65 Å². The van der Waals surface area contributed by atoms with Gasteiger partial charge in [0.2, 0.25) is 0 Å². The molecule has 0 aromatic carbocycles. The molecule has 2 heterocycles. The Balaban J connectivity index is 2.20. The van der Waals surface area contributed by atoms with Crippen LogP contribution < -0.4 is 0 Å². The molecule has 1 fully saturated rings. The normalized spacial score (nSPS) is 20.4. The van der Waals surface area contributed by atoms with Gasteiger partial charge in [0.15, 0.2) is 0 Å². The van der Waals surface area contributed by atoms with Crippen molar-refractivity contribution in [1.29, 1.82) is 0 Å². The van der Waals surface area contributed by atoms with Gasteiger partial charge < -0.3 is 9.51 Å². The standard InChI is InChI=1S/C12H14N2O/c1-9(15)12(5-6-12)10-8-13-11-4-2-3-7-14(10)11/h2-4,7-9,15H,5-6H2,1H3. The van der Waals surface area contributed by atoms with E-state index in [2.05, 4.69) is 9.38 Å². The number of aliphatic hydroxyl groups excluding tert-OH is 1. The number of aromatic nitrogens is 2. The molecule has 3 heteroatoms. The van der Waals surface area contributed by atoms with Crippen molar-refractivity contribution in [1.82, 2.24) is 9.38 Å². The van der Waals surface area contributed by atoms with E-state index in [-0.39, 0.29) is 11.5 Å². The minimum Gasteiger partial charge on any atom is -0.392 e. The van der Waals surface area contributed by atoms with E-state index in [1.54, 1.807) is 0 Å². The van der Waals surface area contributed by atoms with Crippen LogP contribution in [0.4, 0.5) is 0 Å². The van der Waals surface area contributed by atoms with Crippen molar-refractivity contribution in [3.8, 4) is 0 Å². The molecule has 0 radical (unpaired) electrons. The van der Waals surface area contributed by atoms with E-state index < -0.39 is 0 Å². The number of hydrogen-bond acceptors (Lipinski definition) is 2. The molecule has 3 nitrogen and oxygen atoms in total. The highest BCUT2D eigenvalue weighted by atomic mass is 16.3. The molecule has 1 unspecified atom stereocenters. The molecule has 0 amide bonds. The van der Waals surface area contributed by atoms with E-state index in [1.165, 1.54) is 0 Å². The molecule has 2 aromatic rings. The van der Waals surface area contributed by atoms with Crippen LogP contribution in [-0.4, -0.2) is 20.6 Å². The molecule has 0 spiro atoms. The van der Waals surface area contributed by atoms with Crippen LogP contribution in [0.1, 0.15) is 25.5 Å². The van der Waals surface area contributed by atoms with Gasteiger partial charge in [0.1, 0.15) is 5.65 Å². The maximum absolute atomic E-state index is 9.83. The van der Waals surface area contributed by atoms with Crippen LogP contribution >= 0.6 is 0 Å². The van der Waals surface area contributed by atoms with Gasteiger partial charge >= 0.3 is 0 Å². The summed E-state index contributed by atoms with van der Waals surface area (Å²) < 4.78 is 2.08. The number of imidazole rings is 1. The molecule has 15 heavy (non-hydrogen) atoms. The van der Waals surface area contributed by atoms with Crippen molar-refractivity contribution in [2.75, 3.05) is 0 Å². The molecule has 0 saturated heterocycles. The summed E-state index contributed by atoms with van der Waals surface area (Å²) in [4.78, 5) is 4.36. The first kappa shape index (κ1) is 8.92. The highest BCUT2D eigenvalue weighted by molar-refractivity contribution is 5.43. The summed E-state index contributed by atoms with van der Waals surface area (Å²) in [6, 6.07) is 5.96. The Bertz CT molecular complexity index is 497. The van der Waals surface area contributed by atoms with Crippen LogP contribution in [-0.2, 0) is 5.41 Å². The van der Waals surface area contributed by atoms with Gasteiger partial charge in [0.25, 0.3) is 0 Å². The van der Waals surface area contributed by atoms with Gasteiger partial charge in [-0.25, -0.2) is 4.98 Å². The number of fused-ring (bicyclic) bond motifs is 1. The van der Waals surface area contributed by atoms with E-state index in [4.69, 9.17) is 0 Å². The minimum absolute atomic E-state index is 0.0409. The molecule has 2 aromatic heterocycles. The summed E-state index contributed by atoms with van der Waals surface area (Å²) in [6.07, 6.45) is 5.74. The maximum Gasteiger partial charge on any atom is 0.136 e. The average Bonchev–Trinajstić information content (AvgIpc) is 2.93. The Kier molecular flexibility index (Phi) is 1.68. The molecule has 0 bridgehead atoms. The first-order valence-electron chi connectivity index (χ1n) is 5.35. The van der Waals surface area contributed by atoms with Gasteiger partial charge in [-0.1, -0.05) is 6.07 Å². The molecule has 1 aliphatic rings. The molecule has 3 rings (SSSR count). The average molecular weight is 202 g/mol. The fraction of sp³-hybridized carbons (Fsp3) is 0.417. The minimum atomic E-state index is -0.294. The summed E-state index contributed by atoms with van der Waals surface area (Å²) in [5.41, 5.74) is 2.06. The smallest absolute Gasteiger partial charge is 0.136 e. The van der Waals surface area contributed by atoms with Crippen molar-refractivity contribution < 1.29 is 5.11 Å². The van der Waals surface area contributed by atoms with Gasteiger partial charge in [-0.15, -0.1) is 0 Å². The number of nitrogens with zero attached hydrogens (tertiary/aromatic N) is 2. The first-order valence-corrected chi connectivity index (χ1v) is 5.35. The largest absolute Gasteiger partial charge is 0.392 e. The lowest BCUT2D eigenvalue weighted by Crippen LogP contribution is -2.24. The predicted octanol–water partition coefficient (Wildman–Crippen LogP) is 1.75. The van der Waals surface area contributed by atoms with Gasteiger partial charge in [0, 0.05) is 17.8 Å². The van der Waals surface area contributed by atoms with Crippen LogP contribution in [0.3, 0.4) is 0 Å². The monoisotopic (exact) mass is 202 g/mol. The molecule has 1 N–H and O–H groups in total. The SMILES string of the molecule is CC(O)C1(c2cnc3ccccn23)CC1. The van der Waals surface area contributed by atoms with Crippen molar-refractivity contribution >= 4 is 5.65 Å². The third-order valence-electron chi connectivity index (χ3n) is 3.52. The second kappa shape index (κ2) is 2.83. The third-order valence-corrected chi connectivity index (χ3v) is 3.52. The van der Waals surface area contributed by atoms with Crippen LogP contribution in [0.15, 0.2) is 30.6 Å². The molecule has 1 saturated carbocycles. The Morgan fingerprint density at radius 3 is 2.93 bits per heavy atom. The van der Waals surface area contributed by atoms with E-state index in [0.29, 0.717) is 0 Å². The molecular weight excluding hydrogens is 188 g/mol. The van der Waals surface area contributed by atoms with Crippen LogP contribution in [0.2, 0.25) is 0 Å². The Labute approximate surface area is 88.4 Å². The molecular formula is C12H14N2O. The Hall–Kier alpha value is -1.35. The third kappa shape index (κ3) is 1.13. The van der Waals surface area contributed by atoms with Crippen molar-refractivity contribution in [3.05, 3.63) is 36.3 Å².